The summed E-state index contributed by atoms with van der Waals surface area (Å²) in [5.41, 5.74) is 0.639. The number of benzene rings is 3. The smallest absolute Gasteiger partial charge is 0.417 e. The van der Waals surface area contributed by atoms with E-state index >= 15 is 0 Å². The number of halogens is 4. The van der Waals surface area contributed by atoms with Crippen LogP contribution in [-0.4, -0.2) is 57.5 Å². The number of rotatable bonds is 9. The highest BCUT2D eigenvalue weighted by Gasteiger charge is 2.39. The fourth-order valence-electron chi connectivity index (χ4n) is 4.37. The van der Waals surface area contributed by atoms with E-state index in [9.17, 15) is 21.6 Å². The predicted molar refractivity (Wildman–Crippen MR) is 139 cm³/mol. The molecule has 0 bridgehead atoms. The number of nitrogens with zero attached hydrogens (tertiary/aromatic N) is 2. The molecule has 0 aromatic heterocycles. The minimum absolute atomic E-state index is 0.0631. The molecule has 1 aliphatic rings. The third-order valence-corrected chi connectivity index (χ3v) is 8.56. The van der Waals surface area contributed by atoms with Gasteiger partial charge in [-0.3, -0.25) is 4.90 Å². The van der Waals surface area contributed by atoms with Crippen LogP contribution in [0.5, 0.6) is 5.75 Å². The standard InChI is InChI=1S/C27H28ClF3N2O4S/c1-36-23-9-5-7-21(17-23)25(37-19-20-6-4-8-22(28)16-20)18-32-12-14-33(15-13-32)38(34,35)26-11-3-2-10-24(26)27(29,30)31/h2-11,16-17,25H,12-15,18-19H2,1H3. The molecule has 204 valence electrons. The van der Waals surface area contributed by atoms with E-state index in [1.807, 2.05) is 47.4 Å². The summed E-state index contributed by atoms with van der Waals surface area (Å²) in [7, 11) is -2.73. The highest BCUT2D eigenvalue weighted by Crippen LogP contribution is 2.35. The van der Waals surface area contributed by atoms with Crippen molar-refractivity contribution in [3.05, 3.63) is 94.5 Å². The van der Waals surface area contributed by atoms with Gasteiger partial charge in [0.1, 0.15) is 5.75 Å². The number of methoxy groups -OCH3 is 1. The molecular formula is C27H28ClF3N2O4S. The van der Waals surface area contributed by atoms with Crippen LogP contribution in [0.1, 0.15) is 22.8 Å². The van der Waals surface area contributed by atoms with E-state index < -0.39 is 26.7 Å². The minimum Gasteiger partial charge on any atom is -0.497 e. The van der Waals surface area contributed by atoms with Crippen molar-refractivity contribution < 1.29 is 31.1 Å². The van der Waals surface area contributed by atoms with Crippen LogP contribution in [0.2, 0.25) is 5.02 Å². The highest BCUT2D eigenvalue weighted by molar-refractivity contribution is 7.89. The molecule has 0 N–H and O–H groups in total. The summed E-state index contributed by atoms with van der Waals surface area (Å²) in [4.78, 5) is 1.32. The van der Waals surface area contributed by atoms with Crippen molar-refractivity contribution in [2.45, 2.75) is 23.8 Å². The maximum Gasteiger partial charge on any atom is 0.417 e. The van der Waals surface area contributed by atoms with Crippen molar-refractivity contribution in [1.82, 2.24) is 9.21 Å². The number of ether oxygens (including phenoxy) is 2. The van der Waals surface area contributed by atoms with Crippen LogP contribution in [0, 0.1) is 0 Å². The van der Waals surface area contributed by atoms with E-state index in [0.717, 1.165) is 27.6 Å². The molecule has 0 radical (unpaired) electrons. The summed E-state index contributed by atoms with van der Waals surface area (Å²) < 4.78 is 79.4. The molecule has 38 heavy (non-hydrogen) atoms. The lowest BCUT2D eigenvalue weighted by Gasteiger charge is -2.36. The lowest BCUT2D eigenvalue weighted by molar-refractivity contribution is -0.139. The van der Waals surface area contributed by atoms with E-state index in [1.165, 1.54) is 12.1 Å². The molecule has 0 aliphatic carbocycles. The Hall–Kier alpha value is -2.63. The molecule has 1 heterocycles. The molecule has 11 heteroatoms. The van der Waals surface area contributed by atoms with Crippen molar-refractivity contribution in [3.8, 4) is 5.75 Å². The summed E-state index contributed by atoms with van der Waals surface area (Å²) in [5, 5.41) is 0.605. The largest absolute Gasteiger partial charge is 0.497 e. The first-order chi connectivity index (χ1) is 18.1. The first kappa shape index (κ1) is 28.4. The van der Waals surface area contributed by atoms with Crippen molar-refractivity contribution in [3.63, 3.8) is 0 Å². The van der Waals surface area contributed by atoms with Gasteiger partial charge in [-0.25, -0.2) is 8.42 Å². The van der Waals surface area contributed by atoms with Gasteiger partial charge in [0.2, 0.25) is 10.0 Å². The first-order valence-electron chi connectivity index (χ1n) is 12.0. The van der Waals surface area contributed by atoms with E-state index in [1.54, 1.807) is 13.2 Å². The van der Waals surface area contributed by atoms with Crippen molar-refractivity contribution in [2.75, 3.05) is 39.8 Å². The molecule has 0 amide bonds. The van der Waals surface area contributed by atoms with Crippen LogP contribution in [0.15, 0.2) is 77.7 Å². The molecule has 1 aliphatic heterocycles. The van der Waals surface area contributed by atoms with Gasteiger partial charge < -0.3 is 9.47 Å². The van der Waals surface area contributed by atoms with Gasteiger partial charge in [-0.2, -0.15) is 17.5 Å². The van der Waals surface area contributed by atoms with Gasteiger partial charge in [0, 0.05) is 37.7 Å². The van der Waals surface area contributed by atoms with Crippen LogP contribution in [0.25, 0.3) is 0 Å². The first-order valence-corrected chi connectivity index (χ1v) is 13.8. The van der Waals surface area contributed by atoms with Crippen LogP contribution >= 0.6 is 11.6 Å². The molecule has 1 unspecified atom stereocenters. The number of alkyl halides is 3. The van der Waals surface area contributed by atoms with Crippen LogP contribution < -0.4 is 4.74 Å². The Morgan fingerprint density at radius 1 is 0.947 bits per heavy atom. The average molecular weight is 569 g/mol. The summed E-state index contributed by atoms with van der Waals surface area (Å²) in [6.45, 7) is 1.58. The molecule has 1 saturated heterocycles. The summed E-state index contributed by atoms with van der Waals surface area (Å²) >= 11 is 6.11. The van der Waals surface area contributed by atoms with Crippen molar-refractivity contribution in [1.29, 1.82) is 0 Å². The van der Waals surface area contributed by atoms with Crippen LogP contribution in [0.4, 0.5) is 13.2 Å². The van der Waals surface area contributed by atoms with E-state index in [2.05, 4.69) is 0 Å². The predicted octanol–water partition coefficient (Wildman–Crippen LogP) is 5.63. The zero-order chi connectivity index (χ0) is 27.3. The van der Waals surface area contributed by atoms with Gasteiger partial charge in [0.15, 0.2) is 0 Å². The van der Waals surface area contributed by atoms with Crippen molar-refractivity contribution >= 4 is 21.6 Å². The number of hydrogen-bond acceptors (Lipinski definition) is 5. The Labute approximate surface area is 225 Å². The molecule has 4 rings (SSSR count). The van der Waals surface area contributed by atoms with Crippen LogP contribution in [0.3, 0.4) is 0 Å². The van der Waals surface area contributed by atoms with Gasteiger partial charge >= 0.3 is 6.18 Å². The molecule has 6 nitrogen and oxygen atoms in total. The van der Waals surface area contributed by atoms with Crippen LogP contribution in [-0.2, 0) is 27.5 Å². The second kappa shape index (κ2) is 12.0. The second-order valence-electron chi connectivity index (χ2n) is 8.90. The maximum atomic E-state index is 13.5. The topological polar surface area (TPSA) is 59.1 Å². The second-order valence-corrected chi connectivity index (χ2v) is 11.2. The molecule has 1 atom stereocenters. The van der Waals surface area contributed by atoms with Gasteiger partial charge in [-0.15, -0.1) is 0 Å². The Morgan fingerprint density at radius 3 is 2.34 bits per heavy atom. The Balaban J connectivity index is 1.47. The number of sulfonamides is 1. The Kier molecular flexibility index (Phi) is 9.00. The Bertz CT molecular complexity index is 1350. The third-order valence-electron chi connectivity index (χ3n) is 6.37. The summed E-state index contributed by atoms with van der Waals surface area (Å²) in [6.07, 6.45) is -5.13. The quantitative estimate of drug-likeness (QED) is 0.335. The summed E-state index contributed by atoms with van der Waals surface area (Å²) in [5.74, 6) is 0.679. The fourth-order valence-corrected chi connectivity index (χ4v) is 6.22. The minimum atomic E-state index is -4.77. The highest BCUT2D eigenvalue weighted by atomic mass is 35.5. The summed E-state index contributed by atoms with van der Waals surface area (Å²) in [6, 6.07) is 19.2. The van der Waals surface area contributed by atoms with E-state index in [0.29, 0.717) is 37.0 Å². The van der Waals surface area contributed by atoms with E-state index in [4.69, 9.17) is 21.1 Å². The van der Waals surface area contributed by atoms with Gasteiger partial charge in [0.25, 0.3) is 0 Å². The average Bonchev–Trinajstić information content (AvgIpc) is 2.91. The monoisotopic (exact) mass is 568 g/mol. The Morgan fingerprint density at radius 2 is 1.66 bits per heavy atom. The zero-order valence-electron chi connectivity index (χ0n) is 20.7. The molecule has 1 fully saturated rings. The maximum absolute atomic E-state index is 13.5. The fraction of sp³-hybridized carbons (Fsp3) is 0.333. The molecule has 3 aromatic rings. The molecule has 3 aromatic carbocycles. The molecule has 0 saturated carbocycles. The van der Waals surface area contributed by atoms with Gasteiger partial charge in [-0.1, -0.05) is 48.0 Å². The van der Waals surface area contributed by atoms with Gasteiger partial charge in [-0.05, 0) is 47.5 Å². The SMILES string of the molecule is COc1cccc(C(CN2CCN(S(=O)(=O)c3ccccc3C(F)(F)F)CC2)OCc2cccc(Cl)c2)c1. The normalized spacial score (nSPS) is 16.3. The number of hydrogen-bond donors (Lipinski definition) is 0. The van der Waals surface area contributed by atoms with Crippen molar-refractivity contribution in [2.24, 2.45) is 0 Å². The lowest BCUT2D eigenvalue weighted by Crippen LogP contribution is -2.49. The van der Waals surface area contributed by atoms with Gasteiger partial charge in [0.05, 0.1) is 30.3 Å². The van der Waals surface area contributed by atoms with E-state index in [-0.39, 0.29) is 19.2 Å². The number of piperazine rings is 1. The molecule has 0 spiro atoms. The zero-order valence-corrected chi connectivity index (χ0v) is 22.3. The third kappa shape index (κ3) is 6.86. The molecular weight excluding hydrogens is 541 g/mol. The lowest BCUT2D eigenvalue weighted by atomic mass is 10.1.